The highest BCUT2D eigenvalue weighted by molar-refractivity contribution is 5.29. The summed E-state index contributed by atoms with van der Waals surface area (Å²) in [5, 5.41) is 3.72. The molecule has 0 bridgehead atoms. The Morgan fingerprint density at radius 1 is 1.29 bits per heavy atom. The molecule has 112 valence electrons. The summed E-state index contributed by atoms with van der Waals surface area (Å²) in [4.78, 5) is 4.43. The Balaban J connectivity index is 1.79. The van der Waals surface area contributed by atoms with Gasteiger partial charge in [0, 0.05) is 24.6 Å². The normalized spacial score (nSPS) is 18.2. The minimum atomic E-state index is 0.535. The first-order chi connectivity index (χ1) is 10.4. The standard InChI is InChI=1S/C18H25N3/c1-2-10-20-18-9-4-3-7-15-12-21(14-17(15)18)13-16-8-5-6-11-19-16/h5-6,8,11-12,14,18,20H,2-4,7,9-10,13H2,1H3. The van der Waals surface area contributed by atoms with Crippen LogP contribution in [0.25, 0.3) is 0 Å². The molecule has 1 unspecified atom stereocenters. The molecule has 0 spiro atoms. The molecular weight excluding hydrogens is 258 g/mol. The van der Waals surface area contributed by atoms with E-state index in [9.17, 15) is 0 Å². The van der Waals surface area contributed by atoms with Crippen LogP contribution in [0.4, 0.5) is 0 Å². The largest absolute Gasteiger partial charge is 0.348 e. The topological polar surface area (TPSA) is 29.9 Å². The van der Waals surface area contributed by atoms with Crippen LogP contribution in [0, 0.1) is 0 Å². The minimum Gasteiger partial charge on any atom is -0.348 e. The molecule has 3 rings (SSSR count). The van der Waals surface area contributed by atoms with Crippen LogP contribution >= 0.6 is 0 Å². The van der Waals surface area contributed by atoms with Crippen molar-refractivity contribution in [3.05, 3.63) is 53.6 Å². The van der Waals surface area contributed by atoms with Gasteiger partial charge < -0.3 is 9.88 Å². The third kappa shape index (κ3) is 3.53. The average Bonchev–Trinajstić information content (AvgIpc) is 2.81. The van der Waals surface area contributed by atoms with Crippen LogP contribution in [0.3, 0.4) is 0 Å². The van der Waals surface area contributed by atoms with Crippen molar-refractivity contribution in [1.29, 1.82) is 0 Å². The molecule has 2 aromatic rings. The number of hydrogen-bond donors (Lipinski definition) is 1. The molecule has 1 aliphatic rings. The summed E-state index contributed by atoms with van der Waals surface area (Å²) in [6, 6.07) is 6.66. The van der Waals surface area contributed by atoms with Gasteiger partial charge in [0.1, 0.15) is 0 Å². The third-order valence-electron chi connectivity index (χ3n) is 4.27. The fourth-order valence-corrected chi connectivity index (χ4v) is 3.22. The summed E-state index contributed by atoms with van der Waals surface area (Å²) in [5.41, 5.74) is 4.16. The predicted octanol–water partition coefficient (Wildman–Crippen LogP) is 3.70. The number of fused-ring (bicyclic) bond motifs is 1. The van der Waals surface area contributed by atoms with E-state index in [2.05, 4.69) is 46.3 Å². The van der Waals surface area contributed by atoms with E-state index >= 15 is 0 Å². The molecule has 0 amide bonds. The highest BCUT2D eigenvalue weighted by Gasteiger charge is 2.20. The summed E-state index contributed by atoms with van der Waals surface area (Å²) >= 11 is 0. The summed E-state index contributed by atoms with van der Waals surface area (Å²) in [5.74, 6) is 0. The average molecular weight is 283 g/mol. The molecule has 21 heavy (non-hydrogen) atoms. The monoisotopic (exact) mass is 283 g/mol. The Kier molecular flexibility index (Phi) is 4.71. The first kappa shape index (κ1) is 14.3. The van der Waals surface area contributed by atoms with Gasteiger partial charge in [0.2, 0.25) is 0 Å². The van der Waals surface area contributed by atoms with E-state index in [1.54, 1.807) is 0 Å². The summed E-state index contributed by atoms with van der Waals surface area (Å²) in [7, 11) is 0. The molecule has 1 atom stereocenters. The zero-order valence-corrected chi connectivity index (χ0v) is 12.9. The number of aryl methyl sites for hydroxylation is 1. The maximum atomic E-state index is 4.43. The number of nitrogens with one attached hydrogen (secondary N) is 1. The summed E-state index contributed by atoms with van der Waals surface area (Å²) < 4.78 is 2.30. The van der Waals surface area contributed by atoms with Crippen LogP contribution in [0.2, 0.25) is 0 Å². The zero-order valence-electron chi connectivity index (χ0n) is 12.9. The predicted molar refractivity (Wildman–Crippen MR) is 86.4 cm³/mol. The fraction of sp³-hybridized carbons (Fsp3) is 0.500. The van der Waals surface area contributed by atoms with E-state index < -0.39 is 0 Å². The van der Waals surface area contributed by atoms with E-state index in [-0.39, 0.29) is 0 Å². The van der Waals surface area contributed by atoms with Gasteiger partial charge in [-0.25, -0.2) is 0 Å². The van der Waals surface area contributed by atoms with Gasteiger partial charge in [-0.1, -0.05) is 19.4 Å². The maximum Gasteiger partial charge on any atom is 0.0642 e. The van der Waals surface area contributed by atoms with Crippen molar-refractivity contribution in [2.24, 2.45) is 0 Å². The van der Waals surface area contributed by atoms with Crippen molar-refractivity contribution in [2.75, 3.05) is 6.54 Å². The van der Waals surface area contributed by atoms with Gasteiger partial charge in [0.15, 0.2) is 0 Å². The molecule has 0 fully saturated rings. The molecule has 0 radical (unpaired) electrons. The number of hydrogen-bond acceptors (Lipinski definition) is 2. The lowest BCUT2D eigenvalue weighted by Gasteiger charge is -2.16. The summed E-state index contributed by atoms with van der Waals surface area (Å²) in [6.45, 7) is 4.21. The number of pyridine rings is 1. The minimum absolute atomic E-state index is 0.535. The first-order valence-corrected chi connectivity index (χ1v) is 8.18. The van der Waals surface area contributed by atoms with Gasteiger partial charge >= 0.3 is 0 Å². The molecule has 1 aliphatic carbocycles. The Labute approximate surface area is 127 Å². The third-order valence-corrected chi connectivity index (χ3v) is 4.27. The highest BCUT2D eigenvalue weighted by Crippen LogP contribution is 2.29. The van der Waals surface area contributed by atoms with Crippen LogP contribution in [-0.2, 0) is 13.0 Å². The molecule has 0 saturated heterocycles. The first-order valence-electron chi connectivity index (χ1n) is 8.18. The molecule has 0 aromatic carbocycles. The lowest BCUT2D eigenvalue weighted by molar-refractivity contribution is 0.488. The Hall–Kier alpha value is -1.61. The van der Waals surface area contributed by atoms with E-state index in [4.69, 9.17) is 0 Å². The molecule has 2 heterocycles. The van der Waals surface area contributed by atoms with Crippen LogP contribution in [-0.4, -0.2) is 16.1 Å². The molecule has 1 N–H and O–H groups in total. The van der Waals surface area contributed by atoms with Gasteiger partial charge in [0.25, 0.3) is 0 Å². The SMILES string of the molecule is CCCNC1CCCCc2cn(Cc3ccccn3)cc21. The van der Waals surface area contributed by atoms with E-state index in [1.807, 2.05) is 12.3 Å². The van der Waals surface area contributed by atoms with Crippen molar-refractivity contribution in [3.63, 3.8) is 0 Å². The lowest BCUT2D eigenvalue weighted by Crippen LogP contribution is -2.21. The molecular formula is C18H25N3. The van der Waals surface area contributed by atoms with E-state index in [0.717, 1.165) is 18.8 Å². The molecule has 2 aromatic heterocycles. The Bertz CT molecular complexity index is 559. The molecule has 3 nitrogen and oxygen atoms in total. The van der Waals surface area contributed by atoms with Crippen LogP contribution in [0.1, 0.15) is 55.5 Å². The van der Waals surface area contributed by atoms with Crippen LogP contribution < -0.4 is 5.32 Å². The quantitative estimate of drug-likeness (QED) is 0.848. The Morgan fingerprint density at radius 2 is 2.24 bits per heavy atom. The van der Waals surface area contributed by atoms with Crippen molar-refractivity contribution >= 4 is 0 Å². The van der Waals surface area contributed by atoms with Crippen molar-refractivity contribution in [3.8, 4) is 0 Å². The van der Waals surface area contributed by atoms with Gasteiger partial charge in [-0.15, -0.1) is 0 Å². The Morgan fingerprint density at radius 3 is 3.05 bits per heavy atom. The maximum absolute atomic E-state index is 4.43. The molecule has 0 aliphatic heterocycles. The lowest BCUT2D eigenvalue weighted by atomic mass is 10.0. The molecule has 3 heteroatoms. The molecule has 0 saturated carbocycles. The van der Waals surface area contributed by atoms with Gasteiger partial charge in [-0.05, 0) is 55.5 Å². The van der Waals surface area contributed by atoms with E-state index in [0.29, 0.717) is 6.04 Å². The fourth-order valence-electron chi connectivity index (χ4n) is 3.22. The van der Waals surface area contributed by atoms with Gasteiger partial charge in [-0.2, -0.15) is 0 Å². The van der Waals surface area contributed by atoms with Crippen molar-refractivity contribution < 1.29 is 0 Å². The van der Waals surface area contributed by atoms with E-state index in [1.165, 1.54) is 43.2 Å². The number of aromatic nitrogens is 2. The second-order valence-corrected chi connectivity index (χ2v) is 5.98. The smallest absolute Gasteiger partial charge is 0.0642 e. The van der Waals surface area contributed by atoms with Gasteiger partial charge in [-0.3, -0.25) is 4.98 Å². The second-order valence-electron chi connectivity index (χ2n) is 5.98. The second kappa shape index (κ2) is 6.90. The highest BCUT2D eigenvalue weighted by atomic mass is 15.0. The van der Waals surface area contributed by atoms with Gasteiger partial charge in [0.05, 0.1) is 12.2 Å². The van der Waals surface area contributed by atoms with Crippen LogP contribution in [0.15, 0.2) is 36.8 Å². The number of rotatable bonds is 5. The van der Waals surface area contributed by atoms with Crippen LogP contribution in [0.5, 0.6) is 0 Å². The summed E-state index contributed by atoms with van der Waals surface area (Å²) in [6.07, 6.45) is 12.9. The van der Waals surface area contributed by atoms with Crippen molar-refractivity contribution in [2.45, 2.75) is 51.6 Å². The number of nitrogens with zero attached hydrogens (tertiary/aromatic N) is 2. The van der Waals surface area contributed by atoms with Crippen molar-refractivity contribution in [1.82, 2.24) is 14.9 Å². The zero-order chi connectivity index (χ0) is 14.5.